The topological polar surface area (TPSA) is 0 Å². The first-order valence-corrected chi connectivity index (χ1v) is 5.74. The van der Waals surface area contributed by atoms with Gasteiger partial charge in [0.1, 0.15) is 0 Å². The van der Waals surface area contributed by atoms with E-state index in [2.05, 4.69) is 0 Å². The summed E-state index contributed by atoms with van der Waals surface area (Å²) in [5.74, 6) is 1.07. The third-order valence-corrected chi connectivity index (χ3v) is 5.25. The van der Waals surface area contributed by atoms with Gasteiger partial charge >= 0.3 is 0 Å². The average molecular weight is 159 g/mol. The third-order valence-electron chi connectivity index (χ3n) is 2.94. The van der Waals surface area contributed by atoms with E-state index in [1.54, 1.807) is 0 Å². The molecule has 2 heteroatoms. The van der Waals surface area contributed by atoms with Crippen LogP contribution in [0, 0.1) is 5.92 Å². The van der Waals surface area contributed by atoms with Gasteiger partial charge < -0.3 is 0 Å². The molecule has 2 bridgehead atoms. The summed E-state index contributed by atoms with van der Waals surface area (Å²) in [5, 5.41) is 0.645. The molecule has 0 nitrogen and oxygen atoms in total. The Balaban J connectivity index is 2.13. The zero-order chi connectivity index (χ0) is 6.32. The number of rotatable bonds is 1. The molecule has 2 radical (unpaired) electrons. The summed E-state index contributed by atoms with van der Waals surface area (Å²) in [6, 6.07) is 0. The van der Waals surface area contributed by atoms with Crippen molar-refractivity contribution in [1.82, 2.24) is 0 Å². The van der Waals surface area contributed by atoms with Gasteiger partial charge in [0, 0.05) is 0 Å². The van der Waals surface area contributed by atoms with Gasteiger partial charge in [-0.05, 0) is 30.2 Å². The fourth-order valence-corrected chi connectivity index (χ4v) is 3.97. The number of halogens is 1. The quantitative estimate of drug-likeness (QED) is 0.407. The van der Waals surface area contributed by atoms with Crippen molar-refractivity contribution in [2.24, 2.45) is 5.92 Å². The van der Waals surface area contributed by atoms with E-state index in [0.29, 0.717) is 13.9 Å². The van der Waals surface area contributed by atoms with Crippen LogP contribution in [-0.2, 0) is 0 Å². The van der Waals surface area contributed by atoms with E-state index in [9.17, 15) is 0 Å². The minimum Gasteiger partial charge on any atom is -0.171 e. The minimum absolute atomic E-state index is 0.645. The second-order valence-electron chi connectivity index (χ2n) is 3.52. The Morgan fingerprint density at radius 3 is 2.22 bits per heavy atom. The first-order chi connectivity index (χ1) is 4.35. The smallest absolute Gasteiger partial charge is 0.171 e. The largest absolute Gasteiger partial charge is 0.178 e. The van der Waals surface area contributed by atoms with Crippen LogP contribution in [0.3, 0.4) is 0 Å². The van der Waals surface area contributed by atoms with Gasteiger partial charge in [0.2, 0.25) is 0 Å². The highest BCUT2D eigenvalue weighted by Gasteiger charge is 2.44. The van der Waals surface area contributed by atoms with Crippen LogP contribution in [0.1, 0.15) is 32.1 Å². The van der Waals surface area contributed by atoms with Gasteiger partial charge in [0.25, 0.3) is 0 Å². The van der Waals surface area contributed by atoms with Crippen LogP contribution < -0.4 is 0 Å². The van der Waals surface area contributed by atoms with Crippen LogP contribution in [0.5, 0.6) is 0 Å². The number of hydrogen-bond donors (Lipinski definition) is 0. The summed E-state index contributed by atoms with van der Waals surface area (Å²) >= 11 is 5.92. The summed E-state index contributed by atoms with van der Waals surface area (Å²) in [4.78, 5) is 0. The van der Waals surface area contributed by atoms with Crippen molar-refractivity contribution in [2.45, 2.75) is 37.1 Å². The van der Waals surface area contributed by atoms with Gasteiger partial charge in [-0.1, -0.05) is 12.8 Å². The zero-order valence-corrected chi connectivity index (χ0v) is 7.25. The van der Waals surface area contributed by atoms with Gasteiger partial charge in [0.05, 0.1) is 0 Å². The molecular formula is C7H11ClSi. The lowest BCUT2D eigenvalue weighted by molar-refractivity contribution is 0.490. The average Bonchev–Trinajstić information content (AvgIpc) is 2.46. The Morgan fingerprint density at radius 2 is 2.00 bits per heavy atom. The summed E-state index contributed by atoms with van der Waals surface area (Å²) < 4.78 is 0. The molecule has 0 amide bonds. The molecule has 9 heavy (non-hydrogen) atoms. The highest BCUT2D eigenvalue weighted by molar-refractivity contribution is 6.95. The third kappa shape index (κ3) is 0.856. The van der Waals surface area contributed by atoms with Crippen molar-refractivity contribution in [2.75, 3.05) is 0 Å². The molecule has 2 fully saturated rings. The molecule has 0 spiro atoms. The molecule has 0 aromatic heterocycles. The van der Waals surface area contributed by atoms with Crippen LogP contribution in [0.15, 0.2) is 0 Å². The molecule has 50 valence electrons. The first kappa shape index (κ1) is 6.23. The zero-order valence-electron chi connectivity index (χ0n) is 5.49. The predicted molar refractivity (Wildman–Crippen MR) is 40.9 cm³/mol. The Hall–Kier alpha value is 0.507. The normalized spacial score (nSPS) is 48.3. The maximum atomic E-state index is 5.92. The van der Waals surface area contributed by atoms with Crippen molar-refractivity contribution in [1.29, 1.82) is 0 Å². The van der Waals surface area contributed by atoms with Gasteiger partial charge in [-0.25, -0.2) is 0 Å². The summed E-state index contributed by atoms with van der Waals surface area (Å²) in [6.07, 6.45) is 7.26. The maximum Gasteiger partial charge on any atom is 0.178 e. The Morgan fingerprint density at radius 1 is 1.33 bits per heavy atom. The molecule has 0 unspecified atom stereocenters. The standard InChI is InChI=1S/C7H11ClSi/c8-9-7-3-1-6(5-7)2-4-7/h6H,1-5H2. The predicted octanol–water partition coefficient (Wildman–Crippen LogP) is 2.60. The highest BCUT2D eigenvalue weighted by Crippen LogP contribution is 2.59. The van der Waals surface area contributed by atoms with Crippen LogP contribution in [0.4, 0.5) is 0 Å². The van der Waals surface area contributed by atoms with Crippen LogP contribution >= 0.6 is 11.1 Å². The van der Waals surface area contributed by atoms with E-state index in [1.165, 1.54) is 32.1 Å². The molecule has 2 rings (SSSR count). The lowest BCUT2D eigenvalue weighted by atomic mass is 10.0. The van der Waals surface area contributed by atoms with E-state index in [-0.39, 0.29) is 0 Å². The van der Waals surface area contributed by atoms with E-state index < -0.39 is 0 Å². The van der Waals surface area contributed by atoms with Crippen molar-refractivity contribution < 1.29 is 0 Å². The SMILES string of the molecule is Cl[Si]C12CCC(CC1)C2. The second kappa shape index (κ2) is 1.99. The van der Waals surface area contributed by atoms with Crippen molar-refractivity contribution in [3.63, 3.8) is 0 Å². The van der Waals surface area contributed by atoms with Crippen molar-refractivity contribution in [3.05, 3.63) is 0 Å². The van der Waals surface area contributed by atoms with Crippen molar-refractivity contribution in [3.8, 4) is 0 Å². The highest BCUT2D eigenvalue weighted by atomic mass is 35.6. The van der Waals surface area contributed by atoms with Crippen LogP contribution in [0.2, 0.25) is 5.04 Å². The van der Waals surface area contributed by atoms with Crippen LogP contribution in [0.25, 0.3) is 0 Å². The molecular weight excluding hydrogens is 148 g/mol. The van der Waals surface area contributed by atoms with E-state index in [4.69, 9.17) is 11.1 Å². The minimum atomic E-state index is 0.645. The molecule has 0 heterocycles. The number of hydrogen-bond acceptors (Lipinski definition) is 0. The molecule has 2 aliphatic carbocycles. The molecule has 2 aliphatic rings. The van der Waals surface area contributed by atoms with E-state index in [1.807, 2.05) is 0 Å². The molecule has 0 aromatic rings. The molecule has 0 saturated heterocycles. The Kier molecular flexibility index (Phi) is 1.38. The summed E-state index contributed by atoms with van der Waals surface area (Å²) in [6.45, 7) is 0. The summed E-state index contributed by atoms with van der Waals surface area (Å²) in [7, 11) is 0.696. The lowest BCUT2D eigenvalue weighted by Gasteiger charge is -2.21. The summed E-state index contributed by atoms with van der Waals surface area (Å²) in [5.41, 5.74) is 0. The molecule has 0 atom stereocenters. The van der Waals surface area contributed by atoms with Gasteiger partial charge in [-0.2, -0.15) is 11.1 Å². The lowest BCUT2D eigenvalue weighted by Crippen LogP contribution is -2.09. The van der Waals surface area contributed by atoms with Crippen molar-refractivity contribution >= 4 is 19.9 Å². The Bertz CT molecular complexity index is 116. The monoisotopic (exact) mass is 158 g/mol. The number of fused-ring (bicyclic) bond motifs is 2. The van der Waals surface area contributed by atoms with Gasteiger partial charge in [0.15, 0.2) is 8.83 Å². The molecule has 0 N–H and O–H groups in total. The van der Waals surface area contributed by atoms with Gasteiger partial charge in [-0.15, -0.1) is 0 Å². The second-order valence-corrected chi connectivity index (χ2v) is 5.34. The molecule has 2 saturated carbocycles. The Labute approximate surface area is 63.5 Å². The molecule has 0 aliphatic heterocycles. The van der Waals surface area contributed by atoms with Crippen LogP contribution in [-0.4, -0.2) is 8.83 Å². The maximum absolute atomic E-state index is 5.92. The fourth-order valence-electron chi connectivity index (χ4n) is 2.32. The fraction of sp³-hybridized carbons (Fsp3) is 1.00. The van der Waals surface area contributed by atoms with E-state index in [0.717, 1.165) is 5.92 Å². The van der Waals surface area contributed by atoms with E-state index >= 15 is 0 Å². The first-order valence-electron chi connectivity index (χ1n) is 3.72. The molecule has 0 aromatic carbocycles. The van der Waals surface area contributed by atoms with Gasteiger partial charge in [-0.3, -0.25) is 0 Å².